The first-order valence-corrected chi connectivity index (χ1v) is 16.3. The zero-order valence-electron chi connectivity index (χ0n) is 26.7. The Labute approximate surface area is 271 Å². The van der Waals surface area contributed by atoms with Crippen LogP contribution in [0.4, 0.5) is 10.5 Å². The van der Waals surface area contributed by atoms with Crippen LogP contribution in [0.25, 0.3) is 0 Å². The van der Waals surface area contributed by atoms with Gasteiger partial charge in [0.25, 0.3) is 0 Å². The predicted octanol–water partition coefficient (Wildman–Crippen LogP) is 4.22. The summed E-state index contributed by atoms with van der Waals surface area (Å²) in [6, 6.07) is 25.9. The quantitative estimate of drug-likeness (QED) is 0.281. The van der Waals surface area contributed by atoms with Gasteiger partial charge in [0.05, 0.1) is 25.5 Å². The van der Waals surface area contributed by atoms with Gasteiger partial charge in [-0.25, -0.2) is 4.79 Å². The number of hydrogen-bond donors (Lipinski definition) is 4. The molecule has 10 nitrogen and oxygen atoms in total. The molecule has 0 saturated carbocycles. The molecule has 3 saturated heterocycles. The molecule has 244 valence electrons. The van der Waals surface area contributed by atoms with Gasteiger partial charge < -0.3 is 40.3 Å². The first-order chi connectivity index (χ1) is 22.4. The summed E-state index contributed by atoms with van der Waals surface area (Å²) in [5.74, 6) is 0.172. The fourth-order valence-corrected chi connectivity index (χ4v) is 6.92. The highest BCUT2D eigenvalue weighted by Crippen LogP contribution is 2.43. The second-order valence-electron chi connectivity index (χ2n) is 12.5. The van der Waals surface area contributed by atoms with Gasteiger partial charge in [-0.05, 0) is 48.6 Å². The van der Waals surface area contributed by atoms with Crippen molar-refractivity contribution < 1.29 is 24.2 Å². The van der Waals surface area contributed by atoms with E-state index in [-0.39, 0.29) is 36.7 Å². The van der Waals surface area contributed by atoms with Crippen molar-refractivity contribution in [2.45, 2.75) is 63.9 Å². The number of carbonyl (C=O) groups excluding carboxylic acids is 2. The highest BCUT2D eigenvalue weighted by molar-refractivity contribution is 5.93. The van der Waals surface area contributed by atoms with Crippen LogP contribution in [-0.4, -0.2) is 66.4 Å². The van der Waals surface area contributed by atoms with Crippen molar-refractivity contribution in [1.29, 1.82) is 0 Å². The maximum absolute atomic E-state index is 13.2. The van der Waals surface area contributed by atoms with Gasteiger partial charge in [-0.1, -0.05) is 73.7 Å². The summed E-state index contributed by atoms with van der Waals surface area (Å²) in [4.78, 5) is 29.7. The zero-order chi connectivity index (χ0) is 32.1. The molecule has 1 spiro atoms. The predicted molar refractivity (Wildman–Crippen MR) is 176 cm³/mol. The van der Waals surface area contributed by atoms with Gasteiger partial charge in [-0.2, -0.15) is 0 Å². The van der Waals surface area contributed by atoms with E-state index in [1.807, 2.05) is 73.7 Å². The van der Waals surface area contributed by atoms with Crippen molar-refractivity contribution in [3.05, 3.63) is 101 Å². The van der Waals surface area contributed by atoms with E-state index >= 15 is 0 Å². The maximum Gasteiger partial charge on any atom is 0.315 e. The molecule has 3 fully saturated rings. The number of likely N-dealkylation sites (tertiary alicyclic amines) is 1. The van der Waals surface area contributed by atoms with Crippen LogP contribution < -0.4 is 20.9 Å². The number of piperidine rings is 1. The van der Waals surface area contributed by atoms with Gasteiger partial charge in [0.2, 0.25) is 5.91 Å². The van der Waals surface area contributed by atoms with Crippen molar-refractivity contribution >= 4 is 17.6 Å². The van der Waals surface area contributed by atoms with Gasteiger partial charge in [0.15, 0.2) is 6.29 Å². The molecule has 3 aromatic carbocycles. The van der Waals surface area contributed by atoms with Crippen molar-refractivity contribution in [1.82, 2.24) is 20.9 Å². The largest absolute Gasteiger partial charge is 0.392 e. The highest BCUT2D eigenvalue weighted by atomic mass is 16.7. The Morgan fingerprint density at radius 2 is 1.61 bits per heavy atom. The van der Waals surface area contributed by atoms with Crippen LogP contribution in [0.2, 0.25) is 0 Å². The molecule has 10 heteroatoms. The van der Waals surface area contributed by atoms with Crippen LogP contribution in [0.5, 0.6) is 0 Å². The van der Waals surface area contributed by atoms with E-state index in [0.717, 1.165) is 60.4 Å². The van der Waals surface area contributed by atoms with Gasteiger partial charge in [0, 0.05) is 49.9 Å². The number of para-hydroxylation sites is 1. The number of benzene rings is 3. The van der Waals surface area contributed by atoms with Crippen LogP contribution >= 0.6 is 0 Å². The molecule has 0 aromatic heterocycles. The lowest BCUT2D eigenvalue weighted by molar-refractivity contribution is -0.276. The summed E-state index contributed by atoms with van der Waals surface area (Å²) in [7, 11) is 0. The molecule has 0 aliphatic carbocycles. The fourth-order valence-electron chi connectivity index (χ4n) is 6.92. The lowest BCUT2D eigenvalue weighted by Gasteiger charge is -2.46. The number of amides is 3. The Balaban J connectivity index is 1.17. The topological polar surface area (TPSA) is 115 Å². The molecule has 0 radical (unpaired) electrons. The van der Waals surface area contributed by atoms with Crippen LogP contribution in [0, 0.1) is 5.92 Å². The van der Waals surface area contributed by atoms with E-state index < -0.39 is 11.8 Å². The van der Waals surface area contributed by atoms with Gasteiger partial charge in [0.1, 0.15) is 5.54 Å². The third kappa shape index (κ3) is 6.76. The number of aliphatic hydroxyl groups is 1. The van der Waals surface area contributed by atoms with E-state index in [2.05, 4.69) is 44.8 Å². The molecule has 0 bridgehead atoms. The summed E-state index contributed by atoms with van der Waals surface area (Å²) in [6.45, 7) is 7.89. The van der Waals surface area contributed by atoms with Gasteiger partial charge >= 0.3 is 6.03 Å². The monoisotopic (exact) mass is 627 g/mol. The number of anilines is 1. The molecular formula is C36H45N5O5. The van der Waals surface area contributed by atoms with Crippen LogP contribution in [0.3, 0.4) is 0 Å². The Hall–Kier alpha value is -3.96. The number of aliphatic hydroxyl groups excluding tert-OH is 1. The highest BCUT2D eigenvalue weighted by Gasteiger charge is 2.51. The minimum atomic E-state index is -0.570. The number of urea groups is 1. The lowest BCUT2D eigenvalue weighted by Crippen LogP contribution is -2.57. The standard InChI is InChI=1S/C36H45N5O5/c1-3-37-35(44)38-21-26-9-15-29(16-10-26)33-45-31(25(2)32(46-33)28-13-11-27(23-42)12-14-28)22-40-19-17-36(18-20-40)34(43)39-24-41(36)30-7-5-4-6-8-30/h4-16,25,31-33,42H,3,17-24H2,1-2H3,(H,39,43)(H2,37,38,44)/t25-,31+,32+,33?/m0/s1. The molecule has 6 rings (SSSR count). The number of nitrogens with one attached hydrogen (secondary N) is 3. The first-order valence-electron chi connectivity index (χ1n) is 16.3. The molecule has 4 N–H and O–H groups in total. The normalized spacial score (nSPS) is 24.5. The molecule has 3 aromatic rings. The smallest absolute Gasteiger partial charge is 0.315 e. The van der Waals surface area contributed by atoms with E-state index in [9.17, 15) is 14.7 Å². The average molecular weight is 628 g/mol. The molecule has 4 atom stereocenters. The number of nitrogens with zero attached hydrogens (tertiary/aromatic N) is 2. The summed E-state index contributed by atoms with van der Waals surface area (Å²) in [5.41, 5.74) is 4.33. The molecule has 3 heterocycles. The Bertz CT molecular complexity index is 1460. The third-order valence-electron chi connectivity index (χ3n) is 9.69. The van der Waals surface area contributed by atoms with Crippen LogP contribution in [-0.2, 0) is 27.4 Å². The van der Waals surface area contributed by atoms with Crippen molar-refractivity contribution in [2.24, 2.45) is 5.92 Å². The SMILES string of the molecule is CCNC(=O)NCc1ccc(C2O[C@H](CN3CCC4(CC3)C(=O)NCN4c3ccccc3)[C@H](C)[C@H](c3ccc(CO)cc3)O2)cc1. The lowest BCUT2D eigenvalue weighted by atomic mass is 9.84. The Kier molecular flexibility index (Phi) is 9.89. The van der Waals surface area contributed by atoms with Crippen LogP contribution in [0.15, 0.2) is 78.9 Å². The molecular weight excluding hydrogens is 582 g/mol. The average Bonchev–Trinajstić information content (AvgIpc) is 3.41. The second kappa shape index (κ2) is 14.2. The van der Waals surface area contributed by atoms with E-state index in [1.54, 1.807) is 0 Å². The van der Waals surface area contributed by atoms with E-state index in [1.165, 1.54) is 0 Å². The van der Waals surface area contributed by atoms with E-state index in [0.29, 0.717) is 19.8 Å². The number of hydrogen-bond acceptors (Lipinski definition) is 7. The minimum absolute atomic E-state index is 0.00674. The van der Waals surface area contributed by atoms with Crippen molar-refractivity contribution in [3.63, 3.8) is 0 Å². The summed E-state index contributed by atoms with van der Waals surface area (Å²) >= 11 is 0. The summed E-state index contributed by atoms with van der Waals surface area (Å²) in [6.07, 6.45) is 0.594. The minimum Gasteiger partial charge on any atom is -0.392 e. The molecule has 46 heavy (non-hydrogen) atoms. The Morgan fingerprint density at radius 3 is 2.28 bits per heavy atom. The zero-order valence-corrected chi connectivity index (χ0v) is 26.7. The van der Waals surface area contributed by atoms with E-state index in [4.69, 9.17) is 9.47 Å². The molecule has 1 unspecified atom stereocenters. The second-order valence-corrected chi connectivity index (χ2v) is 12.5. The molecule has 3 aliphatic rings. The van der Waals surface area contributed by atoms with Gasteiger partial charge in [-0.3, -0.25) is 4.79 Å². The number of carbonyl (C=O) groups is 2. The maximum atomic E-state index is 13.2. The van der Waals surface area contributed by atoms with Crippen molar-refractivity contribution in [2.75, 3.05) is 37.7 Å². The Morgan fingerprint density at radius 1 is 0.935 bits per heavy atom. The van der Waals surface area contributed by atoms with Crippen molar-refractivity contribution in [3.8, 4) is 0 Å². The fraction of sp³-hybridized carbons (Fsp3) is 0.444. The molecule has 3 amide bonds. The number of rotatable bonds is 9. The molecule has 3 aliphatic heterocycles. The number of ether oxygens (including phenoxy) is 2. The van der Waals surface area contributed by atoms with Crippen LogP contribution in [0.1, 0.15) is 61.3 Å². The summed E-state index contributed by atoms with van der Waals surface area (Å²) in [5, 5.41) is 18.3. The summed E-state index contributed by atoms with van der Waals surface area (Å²) < 4.78 is 13.4. The third-order valence-corrected chi connectivity index (χ3v) is 9.69. The first kappa shape index (κ1) is 32.0. The van der Waals surface area contributed by atoms with Gasteiger partial charge in [-0.15, -0.1) is 0 Å².